The van der Waals surface area contributed by atoms with Gasteiger partial charge in [0.2, 0.25) is 5.91 Å². The molecule has 1 aliphatic heterocycles. The van der Waals surface area contributed by atoms with Crippen LogP contribution in [-0.4, -0.2) is 40.2 Å². The van der Waals surface area contributed by atoms with E-state index in [1.165, 1.54) is 11.8 Å². The Labute approximate surface area is 133 Å². The maximum absolute atomic E-state index is 12.4. The molecule has 0 bridgehead atoms. The largest absolute Gasteiger partial charge is 0.481 e. The van der Waals surface area contributed by atoms with Crippen LogP contribution in [0, 0.1) is 5.92 Å². The predicted molar refractivity (Wildman–Crippen MR) is 83.7 cm³/mol. The average Bonchev–Trinajstić information content (AvgIpc) is 2.49. The number of aliphatic carboxylic acids is 1. The molecule has 6 heteroatoms. The second-order valence-corrected chi connectivity index (χ2v) is 7.03. The van der Waals surface area contributed by atoms with Crippen molar-refractivity contribution in [3.05, 3.63) is 29.3 Å². The first-order valence-electron chi connectivity index (χ1n) is 6.91. The fourth-order valence-corrected chi connectivity index (χ4v) is 3.48. The molecule has 0 radical (unpaired) electrons. The number of piperidine rings is 1. The number of nitrogens with zero attached hydrogens (tertiary/aromatic N) is 1. The van der Waals surface area contributed by atoms with Gasteiger partial charge in [0.15, 0.2) is 0 Å². The minimum absolute atomic E-state index is 0.000833. The Kier molecular flexibility index (Phi) is 5.53. The van der Waals surface area contributed by atoms with Crippen LogP contribution < -0.4 is 0 Å². The molecule has 1 heterocycles. The van der Waals surface area contributed by atoms with E-state index in [0.717, 1.165) is 11.3 Å². The normalized spacial score (nSPS) is 20.1. The Morgan fingerprint density at radius 2 is 2.05 bits per heavy atom. The highest BCUT2D eigenvalue weighted by Crippen LogP contribution is 2.27. The Balaban J connectivity index is 1.95. The first kappa shape index (κ1) is 16.2. The summed E-state index contributed by atoms with van der Waals surface area (Å²) in [6.07, 6.45) is 1.40. The van der Waals surface area contributed by atoms with Crippen LogP contribution in [0.4, 0.5) is 0 Å². The Morgan fingerprint density at radius 3 is 2.67 bits per heavy atom. The van der Waals surface area contributed by atoms with Crippen molar-refractivity contribution in [1.29, 1.82) is 0 Å². The first-order valence-corrected chi connectivity index (χ1v) is 8.17. The molecule has 0 aliphatic carbocycles. The second-order valence-electron chi connectivity index (χ2n) is 5.18. The van der Waals surface area contributed by atoms with E-state index in [-0.39, 0.29) is 11.2 Å². The number of hydrogen-bond donors (Lipinski definition) is 1. The molecule has 114 valence electrons. The maximum Gasteiger partial charge on any atom is 0.308 e. The van der Waals surface area contributed by atoms with E-state index >= 15 is 0 Å². The van der Waals surface area contributed by atoms with E-state index in [0.29, 0.717) is 24.5 Å². The summed E-state index contributed by atoms with van der Waals surface area (Å²) in [5, 5.41) is 9.51. The van der Waals surface area contributed by atoms with Crippen molar-refractivity contribution in [2.75, 3.05) is 13.1 Å². The lowest BCUT2D eigenvalue weighted by Gasteiger charge is -2.32. The number of carbonyl (C=O) groups excluding carboxylic acids is 1. The number of likely N-dealkylation sites (tertiary alicyclic amines) is 1. The third kappa shape index (κ3) is 4.38. The molecule has 4 nitrogen and oxygen atoms in total. The van der Waals surface area contributed by atoms with E-state index in [4.69, 9.17) is 16.7 Å². The summed E-state index contributed by atoms with van der Waals surface area (Å²) in [6.45, 7) is 2.82. The van der Waals surface area contributed by atoms with Gasteiger partial charge in [-0.1, -0.05) is 11.6 Å². The number of hydrogen-bond acceptors (Lipinski definition) is 3. The Morgan fingerprint density at radius 1 is 1.38 bits per heavy atom. The van der Waals surface area contributed by atoms with Crippen LogP contribution in [-0.2, 0) is 9.59 Å². The van der Waals surface area contributed by atoms with Gasteiger partial charge in [-0.2, -0.15) is 0 Å². The molecule has 0 aromatic heterocycles. The van der Waals surface area contributed by atoms with Gasteiger partial charge in [-0.3, -0.25) is 9.59 Å². The number of carboxylic acids is 1. The van der Waals surface area contributed by atoms with Gasteiger partial charge in [-0.15, -0.1) is 11.8 Å². The van der Waals surface area contributed by atoms with Crippen LogP contribution in [0.25, 0.3) is 0 Å². The van der Waals surface area contributed by atoms with E-state index in [9.17, 15) is 9.59 Å². The van der Waals surface area contributed by atoms with Gasteiger partial charge in [0.05, 0.1) is 11.2 Å². The minimum atomic E-state index is -0.814. The van der Waals surface area contributed by atoms with Crippen LogP contribution in [0.2, 0.25) is 5.02 Å². The standard InChI is InChI=1S/C15H18ClNO3S/c1-10(21-13-6-4-12(16)5-7-13)14(18)17-8-2-3-11(9-17)15(19)20/h4-7,10-11H,2-3,8-9H2,1H3,(H,19,20)/t10?,11-/m1/s1. The third-order valence-corrected chi connectivity index (χ3v) is 4.91. The summed E-state index contributed by atoms with van der Waals surface area (Å²) in [6, 6.07) is 7.35. The average molecular weight is 328 g/mol. The quantitative estimate of drug-likeness (QED) is 0.863. The van der Waals surface area contributed by atoms with E-state index in [1.54, 1.807) is 17.0 Å². The predicted octanol–water partition coefficient (Wildman–Crippen LogP) is 3.14. The van der Waals surface area contributed by atoms with Crippen molar-refractivity contribution in [2.45, 2.75) is 29.9 Å². The number of amides is 1. The molecular formula is C15H18ClNO3S. The zero-order valence-electron chi connectivity index (χ0n) is 11.8. The van der Waals surface area contributed by atoms with Crippen molar-refractivity contribution < 1.29 is 14.7 Å². The molecule has 1 aliphatic rings. The van der Waals surface area contributed by atoms with Crippen LogP contribution in [0.1, 0.15) is 19.8 Å². The van der Waals surface area contributed by atoms with Crippen molar-refractivity contribution in [3.63, 3.8) is 0 Å². The van der Waals surface area contributed by atoms with Gasteiger partial charge < -0.3 is 10.0 Å². The number of carboxylic acid groups (broad SMARTS) is 1. The monoisotopic (exact) mass is 327 g/mol. The van der Waals surface area contributed by atoms with Crippen LogP contribution >= 0.6 is 23.4 Å². The number of halogens is 1. The molecule has 1 aromatic carbocycles. The lowest BCUT2D eigenvalue weighted by atomic mass is 9.98. The molecule has 2 atom stereocenters. The summed E-state index contributed by atoms with van der Waals surface area (Å²) in [7, 11) is 0. The molecule has 0 saturated carbocycles. The Hall–Kier alpha value is -1.20. The van der Waals surface area contributed by atoms with Gasteiger partial charge in [0.25, 0.3) is 0 Å². The maximum atomic E-state index is 12.4. The van der Waals surface area contributed by atoms with Crippen molar-refractivity contribution in [3.8, 4) is 0 Å². The summed E-state index contributed by atoms with van der Waals surface area (Å²) in [4.78, 5) is 26.1. The molecule has 1 aromatic rings. The molecule has 0 spiro atoms. The van der Waals surface area contributed by atoms with E-state index < -0.39 is 11.9 Å². The number of carbonyl (C=O) groups is 2. The highest BCUT2D eigenvalue weighted by molar-refractivity contribution is 8.00. The fourth-order valence-electron chi connectivity index (χ4n) is 2.40. The Bertz CT molecular complexity index is 520. The van der Waals surface area contributed by atoms with E-state index in [1.807, 2.05) is 19.1 Å². The lowest BCUT2D eigenvalue weighted by Crippen LogP contribution is -2.45. The first-order chi connectivity index (χ1) is 9.97. The van der Waals surface area contributed by atoms with Gasteiger partial charge in [-0.25, -0.2) is 0 Å². The molecule has 2 rings (SSSR count). The minimum Gasteiger partial charge on any atom is -0.481 e. The van der Waals surface area contributed by atoms with Crippen LogP contribution in [0.15, 0.2) is 29.2 Å². The van der Waals surface area contributed by atoms with Crippen LogP contribution in [0.3, 0.4) is 0 Å². The van der Waals surface area contributed by atoms with Crippen molar-refractivity contribution >= 4 is 35.2 Å². The van der Waals surface area contributed by atoms with Gasteiger partial charge in [0.1, 0.15) is 0 Å². The molecule has 1 saturated heterocycles. The zero-order valence-corrected chi connectivity index (χ0v) is 13.4. The highest BCUT2D eigenvalue weighted by Gasteiger charge is 2.30. The molecule has 1 unspecified atom stereocenters. The zero-order chi connectivity index (χ0) is 15.4. The summed E-state index contributed by atoms with van der Waals surface area (Å²) < 4.78 is 0. The number of rotatable bonds is 4. The molecule has 1 amide bonds. The fraction of sp³-hybridized carbons (Fsp3) is 0.467. The molecule has 1 N–H and O–H groups in total. The summed E-state index contributed by atoms with van der Waals surface area (Å²) in [5.74, 6) is -1.25. The number of benzene rings is 1. The van der Waals surface area contributed by atoms with Crippen molar-refractivity contribution in [1.82, 2.24) is 4.90 Å². The van der Waals surface area contributed by atoms with Gasteiger partial charge >= 0.3 is 5.97 Å². The smallest absolute Gasteiger partial charge is 0.308 e. The van der Waals surface area contributed by atoms with E-state index in [2.05, 4.69) is 0 Å². The number of thioether (sulfide) groups is 1. The molecule has 21 heavy (non-hydrogen) atoms. The molecular weight excluding hydrogens is 310 g/mol. The highest BCUT2D eigenvalue weighted by atomic mass is 35.5. The topological polar surface area (TPSA) is 57.6 Å². The SMILES string of the molecule is CC(Sc1ccc(Cl)cc1)C(=O)N1CCC[C@@H](C(=O)O)C1. The van der Waals surface area contributed by atoms with Crippen LogP contribution in [0.5, 0.6) is 0 Å². The lowest BCUT2D eigenvalue weighted by molar-refractivity contribution is -0.145. The van der Waals surface area contributed by atoms with Gasteiger partial charge in [0, 0.05) is 23.0 Å². The molecule has 1 fully saturated rings. The summed E-state index contributed by atoms with van der Waals surface area (Å²) >= 11 is 7.30. The summed E-state index contributed by atoms with van der Waals surface area (Å²) in [5.41, 5.74) is 0. The van der Waals surface area contributed by atoms with Gasteiger partial charge in [-0.05, 0) is 44.0 Å². The van der Waals surface area contributed by atoms with Crippen molar-refractivity contribution in [2.24, 2.45) is 5.92 Å². The third-order valence-electron chi connectivity index (χ3n) is 3.56. The second kappa shape index (κ2) is 7.18.